The van der Waals surface area contributed by atoms with Gasteiger partial charge in [-0.15, -0.1) is 0 Å². The summed E-state index contributed by atoms with van der Waals surface area (Å²) in [6, 6.07) is 0. The first-order valence-corrected chi connectivity index (χ1v) is 6.00. The van der Waals surface area contributed by atoms with Gasteiger partial charge in [-0.1, -0.05) is 25.0 Å². The second kappa shape index (κ2) is 4.04. The molecule has 2 aliphatic rings. The summed E-state index contributed by atoms with van der Waals surface area (Å²) in [6.45, 7) is 6.01. The minimum Gasteiger partial charge on any atom is -0.278 e. The number of nitrogens with zero attached hydrogens (tertiary/aromatic N) is 1. The number of amides is 2. The van der Waals surface area contributed by atoms with Crippen LogP contribution in [0.5, 0.6) is 0 Å². The third-order valence-corrected chi connectivity index (χ3v) is 3.75. The summed E-state index contributed by atoms with van der Waals surface area (Å²) >= 11 is 0. The van der Waals surface area contributed by atoms with Gasteiger partial charge in [0.05, 0.1) is 0 Å². The fourth-order valence-electron chi connectivity index (χ4n) is 2.96. The minimum atomic E-state index is 0.00106. The molecule has 88 valence electrons. The van der Waals surface area contributed by atoms with Crippen molar-refractivity contribution in [2.45, 2.75) is 45.4 Å². The summed E-state index contributed by atoms with van der Waals surface area (Å²) in [5.74, 6) is 0.00213. The van der Waals surface area contributed by atoms with E-state index in [2.05, 4.69) is 6.58 Å². The van der Waals surface area contributed by atoms with Gasteiger partial charge < -0.3 is 0 Å². The quantitative estimate of drug-likeness (QED) is 0.530. The largest absolute Gasteiger partial charge is 0.278 e. The van der Waals surface area contributed by atoms with Gasteiger partial charge in [-0.05, 0) is 25.2 Å². The van der Waals surface area contributed by atoms with Crippen LogP contribution in [0.15, 0.2) is 12.2 Å². The molecule has 3 nitrogen and oxygen atoms in total. The summed E-state index contributed by atoms with van der Waals surface area (Å²) in [5.41, 5.74) is 0.879. The van der Waals surface area contributed by atoms with Crippen molar-refractivity contribution >= 4 is 11.8 Å². The fraction of sp³-hybridized carbons (Fsp3) is 0.692. The molecule has 1 aliphatic carbocycles. The van der Waals surface area contributed by atoms with Crippen LogP contribution < -0.4 is 0 Å². The van der Waals surface area contributed by atoms with Gasteiger partial charge >= 0.3 is 0 Å². The predicted octanol–water partition coefficient (Wildman–Crippen LogP) is 2.27. The molecule has 0 N–H and O–H groups in total. The van der Waals surface area contributed by atoms with E-state index in [1.54, 1.807) is 0 Å². The SMILES string of the molecule is C=C(C)CN1C(=O)CC2(CCCC2)CC1=O. The van der Waals surface area contributed by atoms with Gasteiger partial charge in [0.25, 0.3) is 0 Å². The molecule has 1 aliphatic heterocycles. The molecule has 2 fully saturated rings. The van der Waals surface area contributed by atoms with E-state index in [1.165, 1.54) is 17.7 Å². The predicted molar refractivity (Wildman–Crippen MR) is 61.7 cm³/mol. The van der Waals surface area contributed by atoms with Crippen molar-refractivity contribution in [2.75, 3.05) is 6.54 Å². The summed E-state index contributed by atoms with van der Waals surface area (Å²) < 4.78 is 0. The minimum absolute atomic E-state index is 0.00106. The molecule has 2 rings (SSSR count). The summed E-state index contributed by atoms with van der Waals surface area (Å²) in [6.07, 6.45) is 5.55. The monoisotopic (exact) mass is 221 g/mol. The number of carbonyl (C=O) groups is 2. The summed E-state index contributed by atoms with van der Waals surface area (Å²) in [5, 5.41) is 0. The summed E-state index contributed by atoms with van der Waals surface area (Å²) in [4.78, 5) is 25.3. The number of rotatable bonds is 2. The third kappa shape index (κ3) is 2.04. The van der Waals surface area contributed by atoms with E-state index in [4.69, 9.17) is 0 Å². The lowest BCUT2D eigenvalue weighted by Crippen LogP contribution is -2.47. The zero-order valence-electron chi connectivity index (χ0n) is 9.92. The maximum absolute atomic E-state index is 12.0. The van der Waals surface area contributed by atoms with Crippen LogP contribution in [0.1, 0.15) is 45.4 Å². The van der Waals surface area contributed by atoms with E-state index in [-0.39, 0.29) is 17.2 Å². The van der Waals surface area contributed by atoms with Crippen molar-refractivity contribution in [3.05, 3.63) is 12.2 Å². The molecular formula is C13H19NO2. The number of hydrogen-bond acceptors (Lipinski definition) is 2. The fourth-order valence-corrected chi connectivity index (χ4v) is 2.96. The molecule has 1 spiro atoms. The van der Waals surface area contributed by atoms with Crippen LogP contribution >= 0.6 is 0 Å². The maximum Gasteiger partial charge on any atom is 0.230 e. The lowest BCUT2D eigenvalue weighted by molar-refractivity contribution is -0.152. The van der Waals surface area contributed by atoms with E-state index >= 15 is 0 Å². The Morgan fingerprint density at radius 2 is 1.75 bits per heavy atom. The first kappa shape index (κ1) is 11.4. The van der Waals surface area contributed by atoms with Gasteiger partial charge in [0.1, 0.15) is 0 Å². The number of imide groups is 1. The molecule has 0 aromatic rings. The number of hydrogen-bond donors (Lipinski definition) is 0. The van der Waals surface area contributed by atoms with Crippen molar-refractivity contribution in [1.82, 2.24) is 4.90 Å². The topological polar surface area (TPSA) is 37.4 Å². The number of carbonyl (C=O) groups excluding carboxylic acids is 2. The molecular weight excluding hydrogens is 202 g/mol. The molecule has 1 saturated heterocycles. The second-order valence-electron chi connectivity index (χ2n) is 5.39. The number of piperidine rings is 1. The van der Waals surface area contributed by atoms with Crippen molar-refractivity contribution < 1.29 is 9.59 Å². The molecule has 0 aromatic carbocycles. The van der Waals surface area contributed by atoms with Gasteiger partial charge in [0, 0.05) is 19.4 Å². The van der Waals surface area contributed by atoms with Crippen molar-refractivity contribution in [1.29, 1.82) is 0 Å². The van der Waals surface area contributed by atoms with E-state index < -0.39 is 0 Å². The Bertz CT molecular complexity index is 320. The molecule has 0 atom stereocenters. The average molecular weight is 221 g/mol. The highest BCUT2D eigenvalue weighted by molar-refractivity contribution is 5.98. The van der Waals surface area contributed by atoms with Gasteiger partial charge in [0.2, 0.25) is 11.8 Å². The Hall–Kier alpha value is -1.12. The van der Waals surface area contributed by atoms with Crippen molar-refractivity contribution in [3.63, 3.8) is 0 Å². The molecule has 16 heavy (non-hydrogen) atoms. The first-order valence-electron chi connectivity index (χ1n) is 6.00. The molecule has 0 bridgehead atoms. The molecule has 0 unspecified atom stereocenters. The van der Waals surface area contributed by atoms with Gasteiger partial charge in [-0.2, -0.15) is 0 Å². The van der Waals surface area contributed by atoms with Crippen LogP contribution in [0.25, 0.3) is 0 Å². The lowest BCUT2D eigenvalue weighted by atomic mass is 9.76. The molecule has 1 saturated carbocycles. The third-order valence-electron chi connectivity index (χ3n) is 3.75. The van der Waals surface area contributed by atoms with E-state index in [1.807, 2.05) is 6.92 Å². The van der Waals surface area contributed by atoms with Crippen LogP contribution in [0, 0.1) is 5.41 Å². The summed E-state index contributed by atoms with van der Waals surface area (Å²) in [7, 11) is 0. The van der Waals surface area contributed by atoms with Gasteiger partial charge in [-0.3, -0.25) is 14.5 Å². The van der Waals surface area contributed by atoms with Gasteiger partial charge in [-0.25, -0.2) is 0 Å². The Kier molecular flexibility index (Phi) is 2.87. The van der Waals surface area contributed by atoms with Crippen LogP contribution in [0.4, 0.5) is 0 Å². The van der Waals surface area contributed by atoms with Crippen molar-refractivity contribution in [3.8, 4) is 0 Å². The highest BCUT2D eigenvalue weighted by atomic mass is 16.2. The Morgan fingerprint density at radius 1 is 1.25 bits per heavy atom. The molecule has 1 heterocycles. The smallest absolute Gasteiger partial charge is 0.230 e. The molecule has 0 radical (unpaired) electrons. The highest BCUT2D eigenvalue weighted by Gasteiger charge is 2.44. The van der Waals surface area contributed by atoms with E-state index in [0.29, 0.717) is 19.4 Å². The Balaban J connectivity index is 2.10. The molecule has 3 heteroatoms. The van der Waals surface area contributed by atoms with Crippen LogP contribution in [-0.2, 0) is 9.59 Å². The lowest BCUT2D eigenvalue weighted by Gasteiger charge is -2.37. The van der Waals surface area contributed by atoms with Crippen molar-refractivity contribution in [2.24, 2.45) is 5.41 Å². The van der Waals surface area contributed by atoms with Gasteiger partial charge in [0.15, 0.2) is 0 Å². The molecule has 0 aromatic heterocycles. The van der Waals surface area contributed by atoms with Crippen LogP contribution in [-0.4, -0.2) is 23.3 Å². The molecule has 2 amide bonds. The highest BCUT2D eigenvalue weighted by Crippen LogP contribution is 2.46. The standard InChI is InChI=1S/C13H19NO2/c1-10(2)9-14-11(15)7-13(8-12(14)16)5-3-4-6-13/h1,3-9H2,2H3. The average Bonchev–Trinajstić information content (AvgIpc) is 2.60. The zero-order valence-corrected chi connectivity index (χ0v) is 9.92. The Morgan fingerprint density at radius 3 is 2.19 bits per heavy atom. The van der Waals surface area contributed by atoms with E-state index in [9.17, 15) is 9.59 Å². The number of likely N-dealkylation sites (tertiary alicyclic amines) is 1. The van der Waals surface area contributed by atoms with Crippen LogP contribution in [0.3, 0.4) is 0 Å². The zero-order chi connectivity index (χ0) is 11.8. The van der Waals surface area contributed by atoms with E-state index in [0.717, 1.165) is 18.4 Å². The second-order valence-corrected chi connectivity index (χ2v) is 5.39. The van der Waals surface area contributed by atoms with Crippen LogP contribution in [0.2, 0.25) is 0 Å². The first-order chi connectivity index (χ1) is 7.52. The Labute approximate surface area is 96.5 Å². The maximum atomic E-state index is 12.0. The normalized spacial score (nSPS) is 24.2.